The summed E-state index contributed by atoms with van der Waals surface area (Å²) in [6, 6.07) is 15.5. The normalized spacial score (nSPS) is 11.1. The maximum absolute atomic E-state index is 13.3. The fraction of sp³-hybridized carbons (Fsp3) is 0.130. The summed E-state index contributed by atoms with van der Waals surface area (Å²) in [4.78, 5) is 0. The zero-order chi connectivity index (χ0) is 22.1. The molecule has 8 nitrogen and oxygen atoms in total. The minimum absolute atomic E-state index is 0.0146. The third kappa shape index (κ3) is 3.48. The summed E-state index contributed by atoms with van der Waals surface area (Å²) in [5.41, 5.74) is 0.931. The standard InChI is InChI=1S/C23H20N2O6/c1-30-14-7-9-21(26)16(11-14)23(17-12-15(31-2)8-10-22(17)27)20-13-24(28)18-5-3-4-6-19(18)25(20)29/h3-13,23,26-27H,1-2H3. The van der Waals surface area contributed by atoms with Crippen molar-refractivity contribution < 1.29 is 29.1 Å². The van der Waals surface area contributed by atoms with Gasteiger partial charge >= 0.3 is 0 Å². The Kier molecular flexibility index (Phi) is 5.12. The van der Waals surface area contributed by atoms with Crippen molar-refractivity contribution in [2.24, 2.45) is 0 Å². The van der Waals surface area contributed by atoms with Crippen LogP contribution in [0.4, 0.5) is 0 Å². The van der Waals surface area contributed by atoms with Gasteiger partial charge in [-0.3, -0.25) is 0 Å². The first-order valence-corrected chi connectivity index (χ1v) is 9.42. The maximum Gasteiger partial charge on any atom is 0.290 e. The Morgan fingerprint density at radius 3 is 1.81 bits per heavy atom. The number of benzene rings is 3. The SMILES string of the molecule is COc1ccc(O)c(C(c2cc(OC)ccc2O)c2c[n+]([O-])c3ccccc3[n+]2[O-])c1. The van der Waals surface area contributed by atoms with E-state index in [-0.39, 0.29) is 39.4 Å². The van der Waals surface area contributed by atoms with Gasteiger partial charge in [0.05, 0.1) is 14.2 Å². The van der Waals surface area contributed by atoms with Crippen molar-refractivity contribution in [2.75, 3.05) is 14.2 Å². The van der Waals surface area contributed by atoms with Gasteiger partial charge in [-0.2, -0.15) is 9.46 Å². The summed E-state index contributed by atoms with van der Waals surface area (Å²) in [6.07, 6.45) is 1.15. The van der Waals surface area contributed by atoms with Crippen molar-refractivity contribution in [3.8, 4) is 23.0 Å². The number of aromatic nitrogens is 2. The van der Waals surface area contributed by atoms with Crippen LogP contribution in [0, 0.1) is 10.4 Å². The summed E-state index contributed by atoms with van der Waals surface area (Å²) < 4.78 is 11.8. The molecule has 1 heterocycles. The molecule has 31 heavy (non-hydrogen) atoms. The molecule has 0 radical (unpaired) electrons. The fourth-order valence-corrected chi connectivity index (χ4v) is 3.66. The highest BCUT2D eigenvalue weighted by atomic mass is 16.5. The minimum Gasteiger partial charge on any atom is -0.618 e. The van der Waals surface area contributed by atoms with Gasteiger partial charge in [-0.15, -0.1) is 0 Å². The number of phenolic OH excluding ortho intramolecular Hbond substituents is 2. The number of hydrogen-bond acceptors (Lipinski definition) is 6. The Labute approximate surface area is 177 Å². The second kappa shape index (κ2) is 7.91. The zero-order valence-electron chi connectivity index (χ0n) is 16.9. The van der Waals surface area contributed by atoms with Crippen LogP contribution in [-0.4, -0.2) is 24.4 Å². The van der Waals surface area contributed by atoms with Gasteiger partial charge in [0, 0.05) is 23.3 Å². The smallest absolute Gasteiger partial charge is 0.290 e. The van der Waals surface area contributed by atoms with Gasteiger partial charge in [-0.05, 0) is 36.4 Å². The number of phenols is 2. The van der Waals surface area contributed by atoms with Crippen LogP contribution in [-0.2, 0) is 0 Å². The number of nitrogens with zero attached hydrogens (tertiary/aromatic N) is 2. The summed E-state index contributed by atoms with van der Waals surface area (Å²) >= 11 is 0. The Morgan fingerprint density at radius 2 is 1.29 bits per heavy atom. The number of fused-ring (bicyclic) bond motifs is 1. The molecule has 0 unspecified atom stereocenters. The van der Waals surface area contributed by atoms with Crippen LogP contribution in [0.15, 0.2) is 66.9 Å². The molecule has 8 heteroatoms. The van der Waals surface area contributed by atoms with Gasteiger partial charge in [0.2, 0.25) is 0 Å². The van der Waals surface area contributed by atoms with Crippen LogP contribution in [0.2, 0.25) is 0 Å². The van der Waals surface area contributed by atoms with Crippen molar-refractivity contribution >= 4 is 11.0 Å². The van der Waals surface area contributed by atoms with E-state index in [1.54, 1.807) is 42.5 Å². The van der Waals surface area contributed by atoms with Gasteiger partial charge in [0.15, 0.2) is 0 Å². The topological polar surface area (TPSA) is 113 Å². The summed E-state index contributed by atoms with van der Waals surface area (Å²) in [5.74, 6) is -0.369. The zero-order valence-corrected chi connectivity index (χ0v) is 16.9. The van der Waals surface area contributed by atoms with Crippen molar-refractivity contribution in [1.29, 1.82) is 0 Å². The average molecular weight is 420 g/mol. The van der Waals surface area contributed by atoms with Gasteiger partial charge in [0.25, 0.3) is 22.9 Å². The highest BCUT2D eigenvalue weighted by Crippen LogP contribution is 2.42. The molecule has 4 rings (SSSR count). The molecule has 0 aliphatic carbocycles. The maximum atomic E-state index is 13.3. The Hall–Kier alpha value is -4.20. The molecule has 158 valence electrons. The van der Waals surface area contributed by atoms with E-state index in [2.05, 4.69) is 0 Å². The molecule has 3 aromatic carbocycles. The van der Waals surface area contributed by atoms with Gasteiger partial charge < -0.3 is 30.1 Å². The second-order valence-corrected chi connectivity index (χ2v) is 6.95. The van der Waals surface area contributed by atoms with Crippen LogP contribution >= 0.6 is 0 Å². The lowest BCUT2D eigenvalue weighted by atomic mass is 9.87. The fourth-order valence-electron chi connectivity index (χ4n) is 3.66. The summed E-state index contributed by atoms with van der Waals surface area (Å²) in [6.45, 7) is 0. The largest absolute Gasteiger partial charge is 0.618 e. The first-order valence-electron chi connectivity index (χ1n) is 9.42. The lowest BCUT2D eigenvalue weighted by molar-refractivity contribution is -0.635. The lowest BCUT2D eigenvalue weighted by Crippen LogP contribution is -2.43. The molecule has 0 saturated heterocycles. The van der Waals surface area contributed by atoms with E-state index in [1.165, 1.54) is 32.4 Å². The van der Waals surface area contributed by atoms with E-state index in [4.69, 9.17) is 9.47 Å². The molecule has 0 aliphatic heterocycles. The first kappa shape index (κ1) is 20.1. The van der Waals surface area contributed by atoms with Crippen LogP contribution in [0.3, 0.4) is 0 Å². The lowest BCUT2D eigenvalue weighted by Gasteiger charge is -2.20. The highest BCUT2D eigenvalue weighted by Gasteiger charge is 2.34. The van der Waals surface area contributed by atoms with Crippen molar-refractivity contribution in [1.82, 2.24) is 0 Å². The molecule has 0 amide bonds. The molecule has 1 aromatic heterocycles. The van der Waals surface area contributed by atoms with Crippen molar-refractivity contribution in [3.63, 3.8) is 0 Å². The predicted molar refractivity (Wildman–Crippen MR) is 112 cm³/mol. The molecule has 0 saturated carbocycles. The summed E-state index contributed by atoms with van der Waals surface area (Å²) in [5, 5.41) is 47.4. The Morgan fingerprint density at radius 1 is 0.774 bits per heavy atom. The monoisotopic (exact) mass is 420 g/mol. The average Bonchev–Trinajstić information content (AvgIpc) is 2.79. The quantitative estimate of drug-likeness (QED) is 0.379. The number of para-hydroxylation sites is 2. The molecular weight excluding hydrogens is 400 g/mol. The summed E-state index contributed by atoms with van der Waals surface area (Å²) in [7, 11) is 2.95. The molecule has 0 fully saturated rings. The number of rotatable bonds is 5. The predicted octanol–water partition coefficient (Wildman–Crippen LogP) is 2.72. The molecule has 0 spiro atoms. The van der Waals surface area contributed by atoms with Gasteiger partial charge in [0.1, 0.15) is 28.9 Å². The van der Waals surface area contributed by atoms with E-state index >= 15 is 0 Å². The van der Waals surface area contributed by atoms with E-state index in [1.807, 2.05) is 0 Å². The van der Waals surface area contributed by atoms with E-state index in [0.717, 1.165) is 6.20 Å². The Bertz CT molecular complexity index is 1220. The first-order chi connectivity index (χ1) is 14.9. The van der Waals surface area contributed by atoms with Gasteiger partial charge in [-0.25, -0.2) is 0 Å². The van der Waals surface area contributed by atoms with Crippen LogP contribution < -0.4 is 18.9 Å². The molecule has 0 atom stereocenters. The third-order valence-corrected chi connectivity index (χ3v) is 5.21. The number of ether oxygens (including phenoxy) is 2. The number of methoxy groups -OCH3 is 2. The van der Waals surface area contributed by atoms with E-state index < -0.39 is 5.92 Å². The number of aromatic hydroxyl groups is 2. The molecule has 0 bridgehead atoms. The molecule has 4 aromatic rings. The highest BCUT2D eigenvalue weighted by molar-refractivity contribution is 5.67. The molecule has 2 N–H and O–H groups in total. The van der Waals surface area contributed by atoms with Crippen molar-refractivity contribution in [2.45, 2.75) is 5.92 Å². The minimum atomic E-state index is -0.993. The third-order valence-electron chi connectivity index (χ3n) is 5.21. The van der Waals surface area contributed by atoms with Crippen molar-refractivity contribution in [3.05, 3.63) is 94.1 Å². The van der Waals surface area contributed by atoms with Crippen LogP contribution in [0.1, 0.15) is 22.7 Å². The van der Waals surface area contributed by atoms with Crippen LogP contribution in [0.25, 0.3) is 11.0 Å². The molecule has 0 aliphatic rings. The van der Waals surface area contributed by atoms with Crippen LogP contribution in [0.5, 0.6) is 23.0 Å². The number of hydrogen-bond donors (Lipinski definition) is 2. The Balaban J connectivity index is 2.08. The van der Waals surface area contributed by atoms with E-state index in [0.29, 0.717) is 21.0 Å². The van der Waals surface area contributed by atoms with E-state index in [9.17, 15) is 20.6 Å². The second-order valence-electron chi connectivity index (χ2n) is 6.95. The molecular formula is C23H20N2O6. The van der Waals surface area contributed by atoms with Gasteiger partial charge in [-0.1, -0.05) is 12.1 Å².